The van der Waals surface area contributed by atoms with Gasteiger partial charge in [-0.25, -0.2) is 0 Å². The summed E-state index contributed by atoms with van der Waals surface area (Å²) >= 11 is 3.76. The fraction of sp³-hybridized carbons (Fsp3) is 0.171. The molecular formula is C41H42OS2Si. The number of hydrogen-bond acceptors (Lipinski definition) is 3. The predicted octanol–water partition coefficient (Wildman–Crippen LogP) is 10.4. The maximum atomic E-state index is 7.07. The van der Waals surface area contributed by atoms with Crippen molar-refractivity contribution < 1.29 is 4.43 Å². The Balaban J connectivity index is 1.25. The van der Waals surface area contributed by atoms with Crippen LogP contribution in [0.25, 0.3) is 12.2 Å². The molecule has 0 aliphatic carbocycles. The SMILES string of the molecule is CC(C)(C)[Si](OC/C=C/c1ccccc1SC/C=C/c1ccccc1SCc1ccccc1)(c1ccccc1)c1ccccc1. The highest BCUT2D eigenvalue weighted by atomic mass is 32.2. The van der Waals surface area contributed by atoms with Gasteiger partial charge in [0.05, 0.1) is 6.61 Å². The van der Waals surface area contributed by atoms with Crippen molar-refractivity contribution in [3.05, 3.63) is 168 Å². The molecule has 0 atom stereocenters. The van der Waals surface area contributed by atoms with Crippen LogP contribution in [0.15, 0.2) is 161 Å². The molecule has 0 N–H and O–H groups in total. The summed E-state index contributed by atoms with van der Waals surface area (Å²) in [4.78, 5) is 2.59. The van der Waals surface area contributed by atoms with Crippen LogP contribution in [0.4, 0.5) is 0 Å². The Morgan fingerprint density at radius 1 is 0.556 bits per heavy atom. The van der Waals surface area contributed by atoms with Gasteiger partial charge in [0.25, 0.3) is 8.32 Å². The van der Waals surface area contributed by atoms with Crippen molar-refractivity contribution >= 4 is 54.4 Å². The molecule has 0 heterocycles. The van der Waals surface area contributed by atoms with Crippen LogP contribution >= 0.6 is 23.5 Å². The van der Waals surface area contributed by atoms with Crippen LogP contribution in [0, 0.1) is 0 Å². The zero-order valence-corrected chi connectivity index (χ0v) is 29.1. The van der Waals surface area contributed by atoms with E-state index in [4.69, 9.17) is 4.43 Å². The minimum atomic E-state index is -2.56. The molecule has 0 unspecified atom stereocenters. The molecule has 0 saturated heterocycles. The van der Waals surface area contributed by atoms with Crippen LogP contribution in [0.3, 0.4) is 0 Å². The Morgan fingerprint density at radius 2 is 1.02 bits per heavy atom. The number of hydrogen-bond donors (Lipinski definition) is 0. The average molecular weight is 643 g/mol. The van der Waals surface area contributed by atoms with Gasteiger partial charge in [-0.2, -0.15) is 0 Å². The molecule has 1 nitrogen and oxygen atoms in total. The van der Waals surface area contributed by atoms with E-state index >= 15 is 0 Å². The Hall–Kier alpha value is -3.54. The van der Waals surface area contributed by atoms with Crippen molar-refractivity contribution in [3.8, 4) is 0 Å². The fourth-order valence-corrected chi connectivity index (χ4v) is 12.0. The lowest BCUT2D eigenvalue weighted by molar-refractivity contribution is 0.340. The van der Waals surface area contributed by atoms with E-state index in [1.807, 2.05) is 23.5 Å². The third kappa shape index (κ3) is 8.59. The quantitative estimate of drug-likeness (QED) is 0.0934. The maximum absolute atomic E-state index is 7.07. The van der Waals surface area contributed by atoms with Crippen LogP contribution in [-0.2, 0) is 10.2 Å². The first kappa shape index (κ1) is 32.8. The summed E-state index contributed by atoms with van der Waals surface area (Å²) < 4.78 is 7.07. The van der Waals surface area contributed by atoms with Crippen molar-refractivity contribution in [3.63, 3.8) is 0 Å². The molecule has 0 saturated carbocycles. The van der Waals surface area contributed by atoms with Gasteiger partial charge < -0.3 is 4.43 Å². The van der Waals surface area contributed by atoms with Gasteiger partial charge in [-0.05, 0) is 44.2 Å². The van der Waals surface area contributed by atoms with E-state index in [0.29, 0.717) is 6.61 Å². The molecule has 5 aromatic rings. The minimum absolute atomic E-state index is 0.0394. The third-order valence-corrected chi connectivity index (χ3v) is 15.0. The molecule has 4 heteroatoms. The summed E-state index contributed by atoms with van der Waals surface area (Å²) in [5.74, 6) is 1.88. The first-order valence-corrected chi connectivity index (χ1v) is 19.4. The Morgan fingerprint density at radius 3 is 1.58 bits per heavy atom. The second-order valence-corrected chi connectivity index (χ2v) is 18.3. The molecule has 0 amide bonds. The number of rotatable bonds is 13. The van der Waals surface area contributed by atoms with Crippen molar-refractivity contribution in [1.82, 2.24) is 0 Å². The Bertz CT molecular complexity index is 1640. The zero-order chi connectivity index (χ0) is 31.4. The van der Waals surface area contributed by atoms with Gasteiger partial charge in [0.2, 0.25) is 0 Å². The topological polar surface area (TPSA) is 9.23 Å². The van der Waals surface area contributed by atoms with E-state index in [1.165, 1.54) is 36.9 Å². The average Bonchev–Trinajstić information content (AvgIpc) is 3.07. The van der Waals surface area contributed by atoms with Crippen LogP contribution < -0.4 is 10.4 Å². The standard InChI is InChI=1S/C41H42OS2Si/c1-41(2,3)45(37-25-9-5-10-26-37,38-27-11-6-12-28-38)42-31-17-23-35-21-13-15-29-39(35)43-32-18-24-36-22-14-16-30-40(36)44-33-34-19-7-4-8-20-34/h4-30H,31-33H2,1-3H3/b23-17+,24-18+. The summed E-state index contributed by atoms with van der Waals surface area (Å²) in [6, 6.07) is 49.7. The van der Waals surface area contributed by atoms with Gasteiger partial charge in [0, 0.05) is 21.3 Å². The molecule has 45 heavy (non-hydrogen) atoms. The smallest absolute Gasteiger partial charge is 0.261 e. The van der Waals surface area contributed by atoms with E-state index < -0.39 is 8.32 Å². The summed E-state index contributed by atoms with van der Waals surface area (Å²) in [7, 11) is -2.56. The molecule has 0 spiro atoms. The maximum Gasteiger partial charge on any atom is 0.261 e. The number of thioether (sulfide) groups is 2. The van der Waals surface area contributed by atoms with E-state index in [1.54, 1.807) is 0 Å². The molecule has 0 aliphatic rings. The molecule has 0 fully saturated rings. The second kappa shape index (κ2) is 16.1. The van der Waals surface area contributed by atoms with Crippen molar-refractivity contribution in [2.75, 3.05) is 12.4 Å². The first-order valence-electron chi connectivity index (χ1n) is 15.5. The van der Waals surface area contributed by atoms with Crippen molar-refractivity contribution in [1.29, 1.82) is 0 Å². The largest absolute Gasteiger partial charge is 0.404 e. The van der Waals surface area contributed by atoms with Crippen LogP contribution in [0.2, 0.25) is 5.04 Å². The normalized spacial score (nSPS) is 12.2. The zero-order valence-electron chi connectivity index (χ0n) is 26.4. The lowest BCUT2D eigenvalue weighted by Crippen LogP contribution is -2.66. The third-order valence-electron chi connectivity index (χ3n) is 7.82. The lowest BCUT2D eigenvalue weighted by atomic mass is 10.2. The molecule has 0 bridgehead atoms. The minimum Gasteiger partial charge on any atom is -0.404 e. The number of benzene rings is 5. The molecule has 228 valence electrons. The first-order chi connectivity index (χ1) is 22.0. The highest BCUT2D eigenvalue weighted by Crippen LogP contribution is 2.37. The predicted molar refractivity (Wildman–Crippen MR) is 201 cm³/mol. The van der Waals surface area contributed by atoms with E-state index in [9.17, 15) is 0 Å². The van der Waals surface area contributed by atoms with Gasteiger partial charge >= 0.3 is 0 Å². The molecule has 0 aromatic heterocycles. The molecular weight excluding hydrogens is 601 g/mol. The van der Waals surface area contributed by atoms with Gasteiger partial charge in [-0.15, -0.1) is 23.5 Å². The molecule has 0 radical (unpaired) electrons. The molecule has 5 aromatic carbocycles. The Kier molecular flexibility index (Phi) is 11.8. The van der Waals surface area contributed by atoms with Gasteiger partial charge in [-0.3, -0.25) is 0 Å². The lowest BCUT2D eigenvalue weighted by Gasteiger charge is -2.42. The van der Waals surface area contributed by atoms with Crippen LogP contribution in [0.5, 0.6) is 0 Å². The molecule has 0 aliphatic heterocycles. The van der Waals surface area contributed by atoms with Crippen LogP contribution in [0.1, 0.15) is 37.5 Å². The van der Waals surface area contributed by atoms with E-state index in [0.717, 1.165) is 11.5 Å². The Labute approximate surface area is 279 Å². The second-order valence-electron chi connectivity index (χ2n) is 11.9. The summed E-state index contributed by atoms with van der Waals surface area (Å²) in [5, 5.41) is 2.57. The van der Waals surface area contributed by atoms with E-state index in [2.05, 4.69) is 185 Å². The summed E-state index contributed by atoms with van der Waals surface area (Å²) in [5.41, 5.74) is 3.84. The fourth-order valence-electron chi connectivity index (χ4n) is 5.66. The summed E-state index contributed by atoms with van der Waals surface area (Å²) in [6.45, 7) is 7.53. The summed E-state index contributed by atoms with van der Waals surface area (Å²) in [6.07, 6.45) is 8.95. The highest BCUT2D eigenvalue weighted by Gasteiger charge is 2.49. The van der Waals surface area contributed by atoms with Gasteiger partial charge in [0.15, 0.2) is 0 Å². The van der Waals surface area contributed by atoms with Crippen LogP contribution in [-0.4, -0.2) is 20.7 Å². The van der Waals surface area contributed by atoms with Crippen molar-refractivity contribution in [2.45, 2.75) is 41.4 Å². The highest BCUT2D eigenvalue weighted by molar-refractivity contribution is 7.99. The van der Waals surface area contributed by atoms with Gasteiger partial charge in [0.1, 0.15) is 0 Å². The monoisotopic (exact) mass is 642 g/mol. The van der Waals surface area contributed by atoms with E-state index in [-0.39, 0.29) is 5.04 Å². The molecule has 5 rings (SSSR count). The van der Waals surface area contributed by atoms with Crippen molar-refractivity contribution in [2.24, 2.45) is 0 Å². The van der Waals surface area contributed by atoms with Gasteiger partial charge in [-0.1, -0.05) is 172 Å².